The molecule has 6 heteroatoms. The lowest BCUT2D eigenvalue weighted by molar-refractivity contribution is -0.127. The Kier molecular flexibility index (Phi) is 6.11. The number of hydrogen-bond acceptors (Lipinski definition) is 5. The highest BCUT2D eigenvalue weighted by molar-refractivity contribution is 5.83. The van der Waals surface area contributed by atoms with E-state index >= 15 is 0 Å². The largest absolute Gasteiger partial charge is 0.497 e. The van der Waals surface area contributed by atoms with E-state index in [1.54, 1.807) is 13.2 Å². The number of nitrogens with two attached hydrogens (primary N) is 1. The molecular weight excluding hydrogens is 248 g/mol. The van der Waals surface area contributed by atoms with Crippen LogP contribution in [0.25, 0.3) is 0 Å². The van der Waals surface area contributed by atoms with E-state index in [2.05, 4.69) is 5.32 Å². The Hall–Kier alpha value is -1.79. The first kappa shape index (κ1) is 15.3. The molecule has 0 saturated carbocycles. The molecule has 1 rings (SSSR count). The van der Waals surface area contributed by atoms with E-state index in [1.165, 1.54) is 14.2 Å². The number of carbonyl (C=O) groups is 1. The predicted molar refractivity (Wildman–Crippen MR) is 72.0 cm³/mol. The van der Waals surface area contributed by atoms with Gasteiger partial charge in [-0.1, -0.05) is 6.07 Å². The molecule has 19 heavy (non-hydrogen) atoms. The molecule has 0 aromatic heterocycles. The smallest absolute Gasteiger partial charge is 0.240 e. The zero-order chi connectivity index (χ0) is 14.3. The molecule has 0 heterocycles. The Morgan fingerprint density at radius 1 is 1.32 bits per heavy atom. The van der Waals surface area contributed by atoms with E-state index in [-0.39, 0.29) is 0 Å². The molecule has 0 aliphatic rings. The first-order valence-electron chi connectivity index (χ1n) is 5.86. The molecular formula is C13H20N2O4. The number of rotatable bonds is 8. The molecule has 1 unspecified atom stereocenters. The van der Waals surface area contributed by atoms with Gasteiger partial charge in [-0.25, -0.2) is 0 Å². The summed E-state index contributed by atoms with van der Waals surface area (Å²) in [5, 5.41) is 3.04. The number of ether oxygens (including phenoxy) is 3. The van der Waals surface area contributed by atoms with Crippen molar-refractivity contribution in [2.45, 2.75) is 18.8 Å². The van der Waals surface area contributed by atoms with Crippen molar-refractivity contribution in [3.63, 3.8) is 0 Å². The van der Waals surface area contributed by atoms with Gasteiger partial charge in [0.1, 0.15) is 11.8 Å². The number of amides is 1. The monoisotopic (exact) mass is 268 g/mol. The lowest BCUT2D eigenvalue weighted by Crippen LogP contribution is -2.39. The molecule has 0 fully saturated rings. The molecule has 1 atom stereocenters. The van der Waals surface area contributed by atoms with E-state index < -0.39 is 18.2 Å². The maximum Gasteiger partial charge on any atom is 0.240 e. The van der Waals surface area contributed by atoms with Crippen molar-refractivity contribution in [3.05, 3.63) is 24.3 Å². The number of primary amides is 1. The van der Waals surface area contributed by atoms with Crippen LogP contribution in [0.5, 0.6) is 5.75 Å². The minimum absolute atomic E-state index is 0.319. The van der Waals surface area contributed by atoms with E-state index in [9.17, 15) is 4.79 Å². The Bertz CT molecular complexity index is 407. The van der Waals surface area contributed by atoms with Crippen LogP contribution in [0.2, 0.25) is 0 Å². The highest BCUT2D eigenvalue weighted by atomic mass is 16.7. The molecule has 1 aromatic carbocycles. The summed E-state index contributed by atoms with van der Waals surface area (Å²) in [4.78, 5) is 11.4. The maximum atomic E-state index is 11.4. The molecule has 106 valence electrons. The minimum Gasteiger partial charge on any atom is -0.497 e. The molecule has 6 nitrogen and oxygen atoms in total. The van der Waals surface area contributed by atoms with E-state index in [4.69, 9.17) is 19.9 Å². The van der Waals surface area contributed by atoms with Crippen molar-refractivity contribution < 1.29 is 19.0 Å². The third-order valence-corrected chi connectivity index (χ3v) is 2.71. The fourth-order valence-corrected chi connectivity index (χ4v) is 1.64. The topological polar surface area (TPSA) is 82.8 Å². The van der Waals surface area contributed by atoms with Gasteiger partial charge in [0.2, 0.25) is 5.91 Å². The van der Waals surface area contributed by atoms with Gasteiger partial charge in [-0.15, -0.1) is 0 Å². The van der Waals surface area contributed by atoms with Crippen molar-refractivity contribution in [1.82, 2.24) is 0 Å². The fourth-order valence-electron chi connectivity index (χ4n) is 1.64. The van der Waals surface area contributed by atoms with Gasteiger partial charge in [0.25, 0.3) is 0 Å². The summed E-state index contributed by atoms with van der Waals surface area (Å²) in [6.07, 6.45) is -0.171. The van der Waals surface area contributed by atoms with Crippen LogP contribution in [0.3, 0.4) is 0 Å². The molecule has 1 aromatic rings. The number of carbonyl (C=O) groups excluding carboxylic acids is 1. The van der Waals surface area contributed by atoms with Crippen molar-refractivity contribution in [2.75, 3.05) is 26.6 Å². The molecule has 0 saturated heterocycles. The standard InChI is InChI=1S/C13H20N2O4/c1-17-10-6-4-5-9(7-10)15-11(13(14)16)8-12(18-2)19-3/h4-7,11-12,15H,8H2,1-3H3,(H2,14,16). The Balaban J connectivity index is 2.74. The summed E-state index contributed by atoms with van der Waals surface area (Å²) in [6, 6.07) is 6.66. The lowest BCUT2D eigenvalue weighted by Gasteiger charge is -2.21. The van der Waals surface area contributed by atoms with Gasteiger partial charge < -0.3 is 25.3 Å². The summed E-state index contributed by atoms with van der Waals surface area (Å²) in [5.74, 6) is 0.227. The quantitative estimate of drug-likeness (QED) is 0.686. The van der Waals surface area contributed by atoms with Gasteiger partial charge >= 0.3 is 0 Å². The molecule has 3 N–H and O–H groups in total. The summed E-state index contributed by atoms with van der Waals surface area (Å²) in [5.41, 5.74) is 6.11. The first-order valence-corrected chi connectivity index (χ1v) is 5.86. The molecule has 0 spiro atoms. The zero-order valence-corrected chi connectivity index (χ0v) is 11.4. The van der Waals surface area contributed by atoms with Crippen LogP contribution in [-0.4, -0.2) is 39.6 Å². The predicted octanol–water partition coefficient (Wildman–Crippen LogP) is 0.970. The highest BCUT2D eigenvalue weighted by Gasteiger charge is 2.20. The molecule has 0 bridgehead atoms. The minimum atomic E-state index is -0.586. The number of methoxy groups -OCH3 is 3. The van der Waals surface area contributed by atoms with Gasteiger partial charge in [-0.2, -0.15) is 0 Å². The second-order valence-corrected chi connectivity index (χ2v) is 3.97. The van der Waals surface area contributed by atoms with Crippen LogP contribution in [0, 0.1) is 0 Å². The fraction of sp³-hybridized carbons (Fsp3) is 0.462. The Morgan fingerprint density at radius 3 is 2.53 bits per heavy atom. The second kappa shape index (κ2) is 7.60. The highest BCUT2D eigenvalue weighted by Crippen LogP contribution is 2.18. The van der Waals surface area contributed by atoms with E-state index in [0.29, 0.717) is 12.2 Å². The normalized spacial score (nSPS) is 12.2. The van der Waals surface area contributed by atoms with Crippen LogP contribution in [0.15, 0.2) is 24.3 Å². The second-order valence-electron chi connectivity index (χ2n) is 3.97. The van der Waals surface area contributed by atoms with Crippen LogP contribution >= 0.6 is 0 Å². The van der Waals surface area contributed by atoms with Crippen LogP contribution in [0.4, 0.5) is 5.69 Å². The van der Waals surface area contributed by atoms with E-state index in [0.717, 1.165) is 5.69 Å². The van der Waals surface area contributed by atoms with Gasteiger partial charge in [-0.3, -0.25) is 4.79 Å². The third kappa shape index (κ3) is 4.76. The third-order valence-electron chi connectivity index (χ3n) is 2.71. The number of nitrogens with one attached hydrogen (secondary N) is 1. The maximum absolute atomic E-state index is 11.4. The Labute approximate surface area is 112 Å². The van der Waals surface area contributed by atoms with Gasteiger partial charge in [0.05, 0.1) is 7.11 Å². The zero-order valence-electron chi connectivity index (χ0n) is 11.4. The lowest BCUT2D eigenvalue weighted by atomic mass is 10.1. The molecule has 0 aliphatic heterocycles. The van der Waals surface area contributed by atoms with Crippen LogP contribution in [-0.2, 0) is 14.3 Å². The SMILES string of the molecule is COc1cccc(NC(CC(OC)OC)C(N)=O)c1. The first-order chi connectivity index (χ1) is 9.10. The Morgan fingerprint density at radius 2 is 2.00 bits per heavy atom. The van der Waals surface area contributed by atoms with Crippen molar-refractivity contribution in [2.24, 2.45) is 5.73 Å². The average Bonchev–Trinajstić information content (AvgIpc) is 2.43. The van der Waals surface area contributed by atoms with Gasteiger partial charge in [0.15, 0.2) is 6.29 Å². The van der Waals surface area contributed by atoms with Crippen LogP contribution in [0.1, 0.15) is 6.42 Å². The van der Waals surface area contributed by atoms with E-state index in [1.807, 2.05) is 18.2 Å². The van der Waals surface area contributed by atoms with Gasteiger partial charge in [-0.05, 0) is 12.1 Å². The van der Waals surface area contributed by atoms with Crippen LogP contribution < -0.4 is 15.8 Å². The summed E-state index contributed by atoms with van der Waals surface area (Å²) in [7, 11) is 4.60. The number of benzene rings is 1. The summed E-state index contributed by atoms with van der Waals surface area (Å²) < 4.78 is 15.3. The molecule has 1 amide bonds. The number of hydrogen-bond donors (Lipinski definition) is 2. The van der Waals surface area contributed by atoms with Crippen molar-refractivity contribution in [1.29, 1.82) is 0 Å². The molecule has 0 radical (unpaired) electrons. The average molecular weight is 268 g/mol. The molecule has 0 aliphatic carbocycles. The van der Waals surface area contributed by atoms with Crippen molar-refractivity contribution >= 4 is 11.6 Å². The summed E-state index contributed by atoms with van der Waals surface area (Å²) >= 11 is 0. The number of anilines is 1. The van der Waals surface area contributed by atoms with Gasteiger partial charge in [0, 0.05) is 32.4 Å². The summed E-state index contributed by atoms with van der Waals surface area (Å²) in [6.45, 7) is 0. The van der Waals surface area contributed by atoms with Crippen molar-refractivity contribution in [3.8, 4) is 5.75 Å².